The van der Waals surface area contributed by atoms with E-state index < -0.39 is 0 Å². The summed E-state index contributed by atoms with van der Waals surface area (Å²) in [7, 11) is 0. The van der Waals surface area contributed by atoms with Crippen LogP contribution in [0.25, 0.3) is 0 Å². The van der Waals surface area contributed by atoms with Gasteiger partial charge in [0.2, 0.25) is 0 Å². The number of hydrogen-bond acceptors (Lipinski definition) is 1. The van der Waals surface area contributed by atoms with Gasteiger partial charge in [-0.2, -0.15) is 0 Å². The van der Waals surface area contributed by atoms with Crippen LogP contribution >= 0.6 is 0 Å². The predicted molar refractivity (Wildman–Crippen MR) is 41.4 cm³/mol. The second kappa shape index (κ2) is 3.63. The standard InChI is InChI=1S/C9H14O/c1-2-3-4-9(10)7-8-5-6-8/h1,8-10H,3-7H2. The lowest BCUT2D eigenvalue weighted by Crippen LogP contribution is -2.06. The van der Waals surface area contributed by atoms with Gasteiger partial charge in [-0.3, -0.25) is 0 Å². The normalized spacial score (nSPS) is 20.0. The highest BCUT2D eigenvalue weighted by Crippen LogP contribution is 2.34. The molecule has 0 amide bonds. The molecule has 1 aliphatic rings. The third-order valence-corrected chi connectivity index (χ3v) is 1.92. The third-order valence-electron chi connectivity index (χ3n) is 1.92. The predicted octanol–water partition coefficient (Wildman–Crippen LogP) is 1.56. The van der Waals surface area contributed by atoms with Crippen molar-refractivity contribution in [1.29, 1.82) is 0 Å². The summed E-state index contributed by atoms with van der Waals surface area (Å²) in [4.78, 5) is 0. The van der Waals surface area contributed by atoms with Crippen LogP contribution in [-0.4, -0.2) is 11.2 Å². The van der Waals surface area contributed by atoms with Crippen molar-refractivity contribution in [3.05, 3.63) is 0 Å². The first kappa shape index (κ1) is 7.63. The second-order valence-electron chi connectivity index (χ2n) is 3.08. The van der Waals surface area contributed by atoms with Gasteiger partial charge in [-0.25, -0.2) is 0 Å². The summed E-state index contributed by atoms with van der Waals surface area (Å²) in [6.07, 6.45) is 10.0. The first-order chi connectivity index (χ1) is 4.83. The molecule has 0 heterocycles. The number of aliphatic hydroxyl groups excluding tert-OH is 1. The molecule has 1 fully saturated rings. The zero-order chi connectivity index (χ0) is 7.40. The third kappa shape index (κ3) is 2.89. The molecule has 1 N–H and O–H groups in total. The Morgan fingerprint density at radius 3 is 2.80 bits per heavy atom. The van der Waals surface area contributed by atoms with Gasteiger partial charge >= 0.3 is 0 Å². The molecule has 1 saturated carbocycles. The van der Waals surface area contributed by atoms with Gasteiger partial charge < -0.3 is 5.11 Å². The second-order valence-corrected chi connectivity index (χ2v) is 3.08. The molecule has 0 aromatic rings. The van der Waals surface area contributed by atoms with Gasteiger partial charge in [0.05, 0.1) is 6.10 Å². The number of aliphatic hydroxyl groups is 1. The van der Waals surface area contributed by atoms with Crippen LogP contribution in [0.2, 0.25) is 0 Å². The lowest BCUT2D eigenvalue weighted by molar-refractivity contribution is 0.150. The molecule has 0 aliphatic heterocycles. The topological polar surface area (TPSA) is 20.2 Å². The molecule has 0 bridgehead atoms. The van der Waals surface area contributed by atoms with Crippen molar-refractivity contribution < 1.29 is 5.11 Å². The van der Waals surface area contributed by atoms with E-state index in [0.717, 1.165) is 18.8 Å². The van der Waals surface area contributed by atoms with E-state index in [9.17, 15) is 5.11 Å². The van der Waals surface area contributed by atoms with Crippen molar-refractivity contribution in [2.75, 3.05) is 0 Å². The smallest absolute Gasteiger partial charge is 0.0552 e. The van der Waals surface area contributed by atoms with Crippen LogP contribution in [0.15, 0.2) is 0 Å². The van der Waals surface area contributed by atoms with Crippen molar-refractivity contribution in [3.63, 3.8) is 0 Å². The molecule has 1 rings (SSSR count). The highest BCUT2D eigenvalue weighted by atomic mass is 16.3. The van der Waals surface area contributed by atoms with E-state index in [1.54, 1.807) is 0 Å². The monoisotopic (exact) mass is 138 g/mol. The summed E-state index contributed by atoms with van der Waals surface area (Å²) in [5.41, 5.74) is 0. The highest BCUT2D eigenvalue weighted by molar-refractivity contribution is 4.85. The molecule has 1 unspecified atom stereocenters. The van der Waals surface area contributed by atoms with Gasteiger partial charge in [-0.05, 0) is 18.8 Å². The average Bonchev–Trinajstić information content (AvgIpc) is 2.67. The molecule has 0 spiro atoms. The molecule has 0 saturated heterocycles. The minimum absolute atomic E-state index is 0.136. The van der Waals surface area contributed by atoms with Crippen molar-refractivity contribution in [2.24, 2.45) is 5.92 Å². The minimum atomic E-state index is -0.136. The van der Waals surface area contributed by atoms with Gasteiger partial charge in [-0.1, -0.05) is 12.8 Å². The maximum atomic E-state index is 9.30. The summed E-state index contributed by atoms with van der Waals surface area (Å²) in [5, 5.41) is 9.30. The van der Waals surface area contributed by atoms with Gasteiger partial charge in [0.25, 0.3) is 0 Å². The summed E-state index contributed by atoms with van der Waals surface area (Å²) < 4.78 is 0. The molecular weight excluding hydrogens is 124 g/mol. The Hall–Kier alpha value is -0.480. The SMILES string of the molecule is C#CCCC(O)CC1CC1. The Morgan fingerprint density at radius 1 is 1.60 bits per heavy atom. The van der Waals surface area contributed by atoms with Crippen molar-refractivity contribution in [2.45, 2.75) is 38.2 Å². The fourth-order valence-electron chi connectivity index (χ4n) is 1.11. The van der Waals surface area contributed by atoms with E-state index in [0.29, 0.717) is 6.42 Å². The number of hydrogen-bond donors (Lipinski definition) is 1. The maximum Gasteiger partial charge on any atom is 0.0552 e. The number of terminal acetylenes is 1. The Bertz CT molecular complexity index is 130. The number of rotatable bonds is 4. The molecule has 0 aromatic carbocycles. The van der Waals surface area contributed by atoms with Crippen molar-refractivity contribution >= 4 is 0 Å². The minimum Gasteiger partial charge on any atom is -0.393 e. The largest absolute Gasteiger partial charge is 0.393 e. The van der Waals surface area contributed by atoms with Gasteiger partial charge in [0.1, 0.15) is 0 Å². The van der Waals surface area contributed by atoms with E-state index in [1.165, 1.54) is 12.8 Å². The van der Waals surface area contributed by atoms with Crippen LogP contribution in [-0.2, 0) is 0 Å². The Balaban J connectivity index is 1.97. The van der Waals surface area contributed by atoms with Crippen LogP contribution in [0, 0.1) is 18.3 Å². The summed E-state index contributed by atoms with van der Waals surface area (Å²) >= 11 is 0. The summed E-state index contributed by atoms with van der Waals surface area (Å²) in [5.74, 6) is 3.35. The van der Waals surface area contributed by atoms with Crippen LogP contribution < -0.4 is 0 Å². The van der Waals surface area contributed by atoms with Gasteiger partial charge in [0, 0.05) is 6.42 Å². The van der Waals surface area contributed by atoms with Crippen molar-refractivity contribution in [1.82, 2.24) is 0 Å². The Kier molecular flexibility index (Phi) is 2.77. The lowest BCUT2D eigenvalue weighted by Gasteiger charge is -2.05. The molecule has 56 valence electrons. The van der Waals surface area contributed by atoms with Crippen LogP contribution in [0.4, 0.5) is 0 Å². The van der Waals surface area contributed by atoms with Gasteiger partial charge in [0.15, 0.2) is 0 Å². The van der Waals surface area contributed by atoms with Crippen LogP contribution in [0.5, 0.6) is 0 Å². The maximum absolute atomic E-state index is 9.30. The van der Waals surface area contributed by atoms with E-state index in [-0.39, 0.29) is 6.10 Å². The van der Waals surface area contributed by atoms with Crippen molar-refractivity contribution in [3.8, 4) is 12.3 Å². The first-order valence-corrected chi connectivity index (χ1v) is 3.94. The quantitative estimate of drug-likeness (QED) is 0.584. The molecular formula is C9H14O. The Morgan fingerprint density at radius 2 is 2.30 bits per heavy atom. The highest BCUT2D eigenvalue weighted by Gasteiger charge is 2.23. The summed E-state index contributed by atoms with van der Waals surface area (Å²) in [6, 6.07) is 0. The van der Waals surface area contributed by atoms with Crippen LogP contribution in [0.1, 0.15) is 32.1 Å². The van der Waals surface area contributed by atoms with E-state index in [4.69, 9.17) is 6.42 Å². The molecule has 0 radical (unpaired) electrons. The fourth-order valence-corrected chi connectivity index (χ4v) is 1.11. The zero-order valence-corrected chi connectivity index (χ0v) is 6.21. The first-order valence-electron chi connectivity index (χ1n) is 3.94. The molecule has 1 nitrogen and oxygen atoms in total. The molecule has 0 aromatic heterocycles. The zero-order valence-electron chi connectivity index (χ0n) is 6.21. The molecule has 10 heavy (non-hydrogen) atoms. The average molecular weight is 138 g/mol. The Labute approximate surface area is 62.4 Å². The molecule has 1 heteroatoms. The van der Waals surface area contributed by atoms with E-state index >= 15 is 0 Å². The molecule has 1 atom stereocenters. The van der Waals surface area contributed by atoms with Crippen LogP contribution in [0.3, 0.4) is 0 Å². The van der Waals surface area contributed by atoms with E-state index in [1.807, 2.05) is 0 Å². The van der Waals surface area contributed by atoms with E-state index in [2.05, 4.69) is 5.92 Å². The lowest BCUT2D eigenvalue weighted by atomic mass is 10.1. The summed E-state index contributed by atoms with van der Waals surface area (Å²) in [6.45, 7) is 0. The fraction of sp³-hybridized carbons (Fsp3) is 0.778. The molecule has 1 aliphatic carbocycles. The van der Waals surface area contributed by atoms with Gasteiger partial charge in [-0.15, -0.1) is 12.3 Å².